The van der Waals surface area contributed by atoms with Crippen LogP contribution in [0.4, 0.5) is 10.1 Å². The van der Waals surface area contributed by atoms with E-state index in [9.17, 15) is 14.3 Å². The number of amides is 1. The van der Waals surface area contributed by atoms with Crippen molar-refractivity contribution in [1.82, 2.24) is 5.32 Å². The molecule has 2 N–H and O–H groups in total. The minimum atomic E-state index is -0.445. The summed E-state index contributed by atoms with van der Waals surface area (Å²) in [5.74, 6) is 1.49. The van der Waals surface area contributed by atoms with E-state index in [4.69, 9.17) is 4.74 Å². The van der Waals surface area contributed by atoms with Gasteiger partial charge in [-0.2, -0.15) is 0 Å². The van der Waals surface area contributed by atoms with E-state index in [0.717, 1.165) is 10.0 Å². The zero-order valence-corrected chi connectivity index (χ0v) is 16.2. The zero-order valence-electron chi connectivity index (χ0n) is 14.5. The van der Waals surface area contributed by atoms with Crippen molar-refractivity contribution in [3.63, 3.8) is 0 Å². The van der Waals surface area contributed by atoms with Gasteiger partial charge in [0, 0.05) is 0 Å². The summed E-state index contributed by atoms with van der Waals surface area (Å²) < 4.78 is 20.0. The Kier molecular flexibility index (Phi) is 6.14. The predicted molar refractivity (Wildman–Crippen MR) is 100.0 cm³/mol. The number of rotatable bonds is 5. The van der Waals surface area contributed by atoms with Crippen LogP contribution in [0, 0.1) is 5.82 Å². The summed E-state index contributed by atoms with van der Waals surface area (Å²) in [5, 5.41) is 12.8. The molecule has 1 heterocycles. The van der Waals surface area contributed by atoms with Crippen LogP contribution in [0.3, 0.4) is 0 Å². The number of anilines is 1. The Labute approximate surface area is 158 Å². The molecule has 1 aliphatic heterocycles. The van der Waals surface area contributed by atoms with Gasteiger partial charge in [-0.3, -0.25) is 0 Å². The molecule has 0 saturated carbocycles. The van der Waals surface area contributed by atoms with Crippen molar-refractivity contribution >= 4 is 31.0 Å². The first-order valence-corrected chi connectivity index (χ1v) is 10.9. The zero-order chi connectivity index (χ0) is 18.5. The summed E-state index contributed by atoms with van der Waals surface area (Å²) >= 11 is 0.209. The van der Waals surface area contributed by atoms with Gasteiger partial charge in [-0.25, -0.2) is 0 Å². The number of benzene rings is 2. The first kappa shape index (κ1) is 18.7. The van der Waals surface area contributed by atoms with Crippen molar-refractivity contribution < 1.29 is 19.0 Å². The van der Waals surface area contributed by atoms with Crippen LogP contribution in [0.25, 0.3) is 0 Å². The van der Waals surface area contributed by atoms with Crippen LogP contribution < -0.4 is 14.7 Å². The molecule has 26 heavy (non-hydrogen) atoms. The number of nitrogens with one attached hydrogen (secondary N) is 1. The summed E-state index contributed by atoms with van der Waals surface area (Å²) in [5.41, 5.74) is 1.82. The van der Waals surface area contributed by atoms with Crippen LogP contribution in [-0.2, 0) is 11.3 Å². The maximum atomic E-state index is 13.7. The fourth-order valence-corrected chi connectivity index (χ4v) is 3.88. The van der Waals surface area contributed by atoms with E-state index in [1.54, 1.807) is 12.1 Å². The summed E-state index contributed by atoms with van der Waals surface area (Å²) in [4.78, 5) is 14.7. The van der Waals surface area contributed by atoms with Gasteiger partial charge >= 0.3 is 153 Å². The maximum absolute atomic E-state index is 13.7. The SMILES string of the molecule is C[Se]c1ccc(CNC(=O)c2cc(F)ccc2N2CCOCC2)cc1O. The molecule has 0 atom stereocenters. The number of carbonyl (C=O) groups is 1. The molecule has 2 aromatic carbocycles. The van der Waals surface area contributed by atoms with Gasteiger partial charge in [0.05, 0.1) is 0 Å². The molecule has 7 heteroatoms. The number of hydrogen-bond acceptors (Lipinski definition) is 4. The van der Waals surface area contributed by atoms with Crippen molar-refractivity contribution in [1.29, 1.82) is 0 Å². The van der Waals surface area contributed by atoms with Crippen molar-refractivity contribution in [2.45, 2.75) is 12.4 Å². The van der Waals surface area contributed by atoms with Crippen molar-refractivity contribution in [2.75, 3.05) is 31.2 Å². The molecule has 0 aliphatic carbocycles. The number of hydrogen-bond donors (Lipinski definition) is 2. The van der Waals surface area contributed by atoms with E-state index in [2.05, 4.69) is 5.32 Å². The van der Waals surface area contributed by atoms with Crippen LogP contribution in [0.15, 0.2) is 36.4 Å². The second-order valence-electron chi connectivity index (χ2n) is 5.95. The van der Waals surface area contributed by atoms with E-state index in [-0.39, 0.29) is 33.2 Å². The number of phenols is 1. The topological polar surface area (TPSA) is 61.8 Å². The summed E-state index contributed by atoms with van der Waals surface area (Å²) in [7, 11) is 0. The Bertz CT molecular complexity index is 794. The first-order chi connectivity index (χ1) is 12.6. The van der Waals surface area contributed by atoms with Gasteiger partial charge in [-0.05, 0) is 0 Å². The van der Waals surface area contributed by atoms with Crippen LogP contribution in [0.2, 0.25) is 5.82 Å². The third-order valence-electron chi connectivity index (χ3n) is 4.25. The van der Waals surface area contributed by atoms with Gasteiger partial charge in [0.15, 0.2) is 0 Å². The molecule has 1 aliphatic rings. The number of carbonyl (C=O) groups excluding carboxylic acids is 1. The predicted octanol–water partition coefficient (Wildman–Crippen LogP) is 1.68. The monoisotopic (exact) mass is 424 g/mol. The fourth-order valence-electron chi connectivity index (χ4n) is 2.89. The summed E-state index contributed by atoms with van der Waals surface area (Å²) in [6.45, 7) is 2.77. The quantitative estimate of drug-likeness (QED) is 0.719. The molecule has 1 saturated heterocycles. The molecule has 1 amide bonds. The average Bonchev–Trinajstić information content (AvgIpc) is 2.67. The number of halogens is 1. The third kappa shape index (κ3) is 4.36. The number of nitrogens with zero attached hydrogens (tertiary/aromatic N) is 1. The van der Waals surface area contributed by atoms with Crippen LogP contribution in [0.1, 0.15) is 15.9 Å². The molecular weight excluding hydrogens is 402 g/mol. The number of phenolic OH excluding ortho intramolecular Hbond substituents is 1. The molecule has 0 radical (unpaired) electrons. The van der Waals surface area contributed by atoms with Gasteiger partial charge < -0.3 is 4.74 Å². The Morgan fingerprint density at radius 3 is 2.73 bits per heavy atom. The Morgan fingerprint density at radius 1 is 1.27 bits per heavy atom. The minimum absolute atomic E-state index is 0.209. The first-order valence-electron chi connectivity index (χ1n) is 8.35. The number of morpholine rings is 1. The molecule has 1 fully saturated rings. The van der Waals surface area contributed by atoms with Gasteiger partial charge in [-0.1, -0.05) is 0 Å². The fraction of sp³-hybridized carbons (Fsp3) is 0.316. The van der Waals surface area contributed by atoms with E-state index in [1.807, 2.05) is 22.9 Å². The normalized spacial score (nSPS) is 14.3. The Morgan fingerprint density at radius 2 is 2.04 bits per heavy atom. The molecule has 0 aromatic heterocycles. The summed E-state index contributed by atoms with van der Waals surface area (Å²) in [6.07, 6.45) is 0. The van der Waals surface area contributed by atoms with Crippen LogP contribution in [0.5, 0.6) is 5.75 Å². The van der Waals surface area contributed by atoms with Crippen molar-refractivity contribution in [2.24, 2.45) is 0 Å². The van der Waals surface area contributed by atoms with Gasteiger partial charge in [0.25, 0.3) is 0 Å². The van der Waals surface area contributed by atoms with Crippen LogP contribution in [-0.4, -0.2) is 52.3 Å². The van der Waals surface area contributed by atoms with E-state index < -0.39 is 5.82 Å². The molecule has 0 bridgehead atoms. The van der Waals surface area contributed by atoms with Crippen molar-refractivity contribution in [3.8, 4) is 5.75 Å². The molecule has 2 aromatic rings. The van der Waals surface area contributed by atoms with Gasteiger partial charge in [0.1, 0.15) is 0 Å². The van der Waals surface area contributed by atoms with Crippen molar-refractivity contribution in [3.05, 3.63) is 53.3 Å². The molecule has 5 nitrogen and oxygen atoms in total. The molecule has 0 spiro atoms. The standard InChI is InChI=1S/C19H21FN2O3Se/c1-26-18-5-2-13(10-17(18)23)12-21-19(24)15-11-14(20)3-4-16(15)22-6-8-25-9-7-22/h2-5,10-11,23H,6-9,12H2,1H3,(H,21,24). The summed E-state index contributed by atoms with van der Waals surface area (Å²) in [6, 6.07) is 9.69. The molecular formula is C19H21FN2O3Se. The van der Waals surface area contributed by atoms with Crippen LogP contribution >= 0.6 is 0 Å². The Hall–Kier alpha value is -2.08. The average molecular weight is 423 g/mol. The number of ether oxygens (including phenoxy) is 1. The van der Waals surface area contributed by atoms with Gasteiger partial charge in [-0.15, -0.1) is 0 Å². The second kappa shape index (κ2) is 8.54. The second-order valence-corrected chi connectivity index (χ2v) is 7.73. The number of aromatic hydroxyl groups is 1. The molecule has 3 rings (SSSR count). The van der Waals surface area contributed by atoms with Gasteiger partial charge in [0.2, 0.25) is 0 Å². The third-order valence-corrected chi connectivity index (χ3v) is 5.90. The van der Waals surface area contributed by atoms with E-state index >= 15 is 0 Å². The van der Waals surface area contributed by atoms with E-state index in [0.29, 0.717) is 37.6 Å². The van der Waals surface area contributed by atoms with E-state index in [1.165, 1.54) is 12.1 Å². The molecule has 0 unspecified atom stereocenters. The Balaban J connectivity index is 1.74. The molecule has 138 valence electrons.